The van der Waals surface area contributed by atoms with E-state index in [0.29, 0.717) is 11.0 Å². The minimum absolute atomic E-state index is 0.296. The minimum Gasteiger partial charge on any atom is -0.375 e. The van der Waals surface area contributed by atoms with E-state index in [1.165, 1.54) is 70.8 Å². The van der Waals surface area contributed by atoms with Crippen LogP contribution < -0.4 is 5.32 Å². The second-order valence-electron chi connectivity index (χ2n) is 7.93. The fraction of sp³-hybridized carbons (Fsp3) is 1.00. The van der Waals surface area contributed by atoms with E-state index in [1.54, 1.807) is 0 Å². The Morgan fingerprint density at radius 3 is 2.50 bits per heavy atom. The van der Waals surface area contributed by atoms with Gasteiger partial charge in [0.25, 0.3) is 0 Å². The molecule has 2 heteroatoms. The smallest absolute Gasteiger partial charge is 0.0685 e. The van der Waals surface area contributed by atoms with Crippen molar-refractivity contribution in [2.75, 3.05) is 13.2 Å². The fourth-order valence-corrected chi connectivity index (χ4v) is 5.05. The van der Waals surface area contributed by atoms with Crippen molar-refractivity contribution in [3.05, 3.63) is 0 Å². The highest BCUT2D eigenvalue weighted by molar-refractivity contribution is 5.01. The van der Waals surface area contributed by atoms with Gasteiger partial charge in [-0.1, -0.05) is 26.7 Å². The molecule has 2 atom stereocenters. The Balaban J connectivity index is 1.70. The summed E-state index contributed by atoms with van der Waals surface area (Å²) in [6, 6.07) is 0.728. The molecular formula is C18H33NO. The molecular weight excluding hydrogens is 246 g/mol. The van der Waals surface area contributed by atoms with Gasteiger partial charge in [-0.05, 0) is 69.2 Å². The first-order valence-electron chi connectivity index (χ1n) is 9.05. The van der Waals surface area contributed by atoms with Gasteiger partial charge in [0, 0.05) is 12.6 Å². The second kappa shape index (κ2) is 5.96. The third kappa shape index (κ3) is 2.78. The van der Waals surface area contributed by atoms with Crippen LogP contribution in [0, 0.1) is 11.3 Å². The molecule has 3 fully saturated rings. The van der Waals surface area contributed by atoms with Crippen LogP contribution in [0.2, 0.25) is 0 Å². The van der Waals surface area contributed by atoms with E-state index in [1.807, 2.05) is 0 Å². The number of hydrogen-bond donors (Lipinski definition) is 1. The van der Waals surface area contributed by atoms with E-state index in [2.05, 4.69) is 19.2 Å². The fourth-order valence-electron chi connectivity index (χ4n) is 5.05. The molecule has 0 amide bonds. The van der Waals surface area contributed by atoms with Crippen LogP contribution >= 0.6 is 0 Å². The zero-order valence-corrected chi connectivity index (χ0v) is 13.5. The third-order valence-corrected chi connectivity index (χ3v) is 6.38. The molecule has 2 aliphatic carbocycles. The molecule has 0 bridgehead atoms. The molecule has 1 aliphatic heterocycles. The van der Waals surface area contributed by atoms with Crippen molar-refractivity contribution in [2.24, 2.45) is 11.3 Å². The number of rotatable bonds is 5. The molecule has 0 aromatic carbocycles. The summed E-state index contributed by atoms with van der Waals surface area (Å²) in [5, 5.41) is 3.95. The lowest BCUT2D eigenvalue weighted by Gasteiger charge is -2.51. The summed E-state index contributed by atoms with van der Waals surface area (Å²) in [6.45, 7) is 7.03. The van der Waals surface area contributed by atoms with Crippen LogP contribution in [-0.2, 0) is 4.74 Å². The Bertz CT molecular complexity index is 317. The van der Waals surface area contributed by atoms with Gasteiger partial charge >= 0.3 is 0 Å². The Labute approximate surface area is 125 Å². The monoisotopic (exact) mass is 279 g/mol. The van der Waals surface area contributed by atoms with Crippen LogP contribution in [0.15, 0.2) is 0 Å². The van der Waals surface area contributed by atoms with Crippen LogP contribution in [0.4, 0.5) is 0 Å². The minimum atomic E-state index is 0.296. The second-order valence-corrected chi connectivity index (χ2v) is 7.93. The molecule has 20 heavy (non-hydrogen) atoms. The Kier molecular flexibility index (Phi) is 4.42. The van der Waals surface area contributed by atoms with Gasteiger partial charge in [0.2, 0.25) is 0 Å². The first-order chi connectivity index (χ1) is 9.68. The molecule has 116 valence electrons. The van der Waals surface area contributed by atoms with Gasteiger partial charge in [-0.3, -0.25) is 0 Å². The van der Waals surface area contributed by atoms with E-state index in [0.717, 1.165) is 18.6 Å². The molecule has 3 aliphatic rings. The van der Waals surface area contributed by atoms with Crippen molar-refractivity contribution in [1.82, 2.24) is 5.32 Å². The highest BCUT2D eigenvalue weighted by Gasteiger charge is 2.48. The molecule has 1 N–H and O–H groups in total. The van der Waals surface area contributed by atoms with Crippen molar-refractivity contribution < 1.29 is 4.74 Å². The molecule has 1 spiro atoms. The van der Waals surface area contributed by atoms with E-state index in [4.69, 9.17) is 4.74 Å². The Morgan fingerprint density at radius 1 is 1.15 bits per heavy atom. The van der Waals surface area contributed by atoms with Crippen molar-refractivity contribution in [2.45, 2.75) is 89.7 Å². The SMILES string of the molecule is CCCNC(C1CCOC2(CCC2)C1)C1(C)CCCC1. The van der Waals surface area contributed by atoms with Crippen LogP contribution in [0.25, 0.3) is 0 Å². The summed E-state index contributed by atoms with van der Waals surface area (Å²) in [7, 11) is 0. The summed E-state index contributed by atoms with van der Waals surface area (Å²) in [5.74, 6) is 0.846. The molecule has 1 saturated heterocycles. The first-order valence-corrected chi connectivity index (χ1v) is 9.05. The van der Waals surface area contributed by atoms with Crippen LogP contribution in [-0.4, -0.2) is 24.8 Å². The van der Waals surface area contributed by atoms with E-state index in [9.17, 15) is 0 Å². The van der Waals surface area contributed by atoms with Gasteiger partial charge in [-0.25, -0.2) is 0 Å². The Morgan fingerprint density at radius 2 is 1.90 bits per heavy atom. The molecule has 1 heterocycles. The maximum absolute atomic E-state index is 6.15. The predicted octanol–water partition coefficient (Wildman–Crippen LogP) is 4.28. The number of hydrogen-bond acceptors (Lipinski definition) is 2. The van der Waals surface area contributed by atoms with Gasteiger partial charge in [0.15, 0.2) is 0 Å². The maximum atomic E-state index is 6.15. The lowest BCUT2D eigenvalue weighted by atomic mass is 9.65. The Hall–Kier alpha value is -0.0800. The lowest BCUT2D eigenvalue weighted by Crippen LogP contribution is -2.54. The normalized spacial score (nSPS) is 33.0. The van der Waals surface area contributed by atoms with Gasteiger partial charge in [-0.2, -0.15) is 0 Å². The summed E-state index contributed by atoms with van der Waals surface area (Å²) >= 11 is 0. The molecule has 3 rings (SSSR count). The summed E-state index contributed by atoms with van der Waals surface area (Å²) in [6.07, 6.45) is 13.6. The molecule has 0 aromatic rings. The molecule has 0 radical (unpaired) electrons. The zero-order chi connectivity index (χ0) is 14.1. The number of nitrogens with one attached hydrogen (secondary N) is 1. The van der Waals surface area contributed by atoms with E-state index in [-0.39, 0.29) is 0 Å². The average molecular weight is 279 g/mol. The highest BCUT2D eigenvalue weighted by Crippen LogP contribution is 2.50. The molecule has 0 aromatic heterocycles. The van der Waals surface area contributed by atoms with Gasteiger partial charge < -0.3 is 10.1 Å². The van der Waals surface area contributed by atoms with E-state index < -0.39 is 0 Å². The van der Waals surface area contributed by atoms with Gasteiger partial charge in [-0.15, -0.1) is 0 Å². The van der Waals surface area contributed by atoms with Crippen LogP contribution in [0.5, 0.6) is 0 Å². The lowest BCUT2D eigenvalue weighted by molar-refractivity contribution is -0.151. The van der Waals surface area contributed by atoms with Crippen molar-refractivity contribution in [3.63, 3.8) is 0 Å². The zero-order valence-electron chi connectivity index (χ0n) is 13.5. The predicted molar refractivity (Wildman–Crippen MR) is 83.9 cm³/mol. The highest BCUT2D eigenvalue weighted by atomic mass is 16.5. The molecule has 2 unspecified atom stereocenters. The first kappa shape index (κ1) is 14.8. The third-order valence-electron chi connectivity index (χ3n) is 6.38. The largest absolute Gasteiger partial charge is 0.375 e. The van der Waals surface area contributed by atoms with Crippen LogP contribution in [0.1, 0.15) is 78.1 Å². The quantitative estimate of drug-likeness (QED) is 0.811. The van der Waals surface area contributed by atoms with Gasteiger partial charge in [0.1, 0.15) is 0 Å². The number of ether oxygens (including phenoxy) is 1. The van der Waals surface area contributed by atoms with Crippen molar-refractivity contribution in [1.29, 1.82) is 0 Å². The summed E-state index contributed by atoms with van der Waals surface area (Å²) in [5.41, 5.74) is 0.839. The van der Waals surface area contributed by atoms with Crippen molar-refractivity contribution in [3.8, 4) is 0 Å². The maximum Gasteiger partial charge on any atom is 0.0685 e. The molecule has 2 nitrogen and oxygen atoms in total. The summed E-state index contributed by atoms with van der Waals surface area (Å²) in [4.78, 5) is 0. The van der Waals surface area contributed by atoms with Gasteiger partial charge in [0.05, 0.1) is 5.60 Å². The standard InChI is InChI=1S/C18H33NO/c1-3-12-19-16(17(2)8-4-5-9-17)15-7-13-20-18(14-15)10-6-11-18/h15-16,19H,3-14H2,1-2H3. The summed E-state index contributed by atoms with van der Waals surface area (Å²) < 4.78 is 6.15. The molecule has 2 saturated carbocycles. The van der Waals surface area contributed by atoms with Crippen molar-refractivity contribution >= 4 is 0 Å². The van der Waals surface area contributed by atoms with E-state index >= 15 is 0 Å². The van der Waals surface area contributed by atoms with Crippen LogP contribution in [0.3, 0.4) is 0 Å². The average Bonchev–Trinajstić information content (AvgIpc) is 2.85. The topological polar surface area (TPSA) is 21.3 Å².